The Kier molecular flexibility index (Phi) is 5.51. The molecule has 3 N–H and O–H groups in total. The first-order chi connectivity index (χ1) is 12.0. The Morgan fingerprint density at radius 2 is 1.92 bits per heavy atom. The zero-order valence-corrected chi connectivity index (χ0v) is 15.8. The van der Waals surface area contributed by atoms with Crippen molar-refractivity contribution in [1.29, 1.82) is 0 Å². The van der Waals surface area contributed by atoms with Gasteiger partial charge in [0.2, 0.25) is 0 Å². The van der Waals surface area contributed by atoms with Crippen LogP contribution in [-0.2, 0) is 0 Å². The molecule has 6 nitrogen and oxygen atoms in total. The summed E-state index contributed by atoms with van der Waals surface area (Å²) in [6.45, 7) is 2.16. The van der Waals surface area contributed by atoms with E-state index >= 15 is 0 Å². The monoisotopic (exact) mass is 380 g/mol. The minimum absolute atomic E-state index is 0.422. The molecule has 134 valence electrons. The fourth-order valence-electron chi connectivity index (χ4n) is 3.03. The zero-order chi connectivity index (χ0) is 18.0. The number of piperidine rings is 1. The first-order valence-corrected chi connectivity index (χ1v) is 8.95. The Labute approximate surface area is 157 Å². The van der Waals surface area contributed by atoms with Gasteiger partial charge in [-0.1, -0.05) is 23.2 Å². The van der Waals surface area contributed by atoms with E-state index in [9.17, 15) is 0 Å². The van der Waals surface area contributed by atoms with Crippen LogP contribution in [0.4, 0.5) is 23.0 Å². The number of hydrogen-bond donors (Lipinski definition) is 2. The lowest BCUT2D eigenvalue weighted by Crippen LogP contribution is -2.42. The smallest absolute Gasteiger partial charge is 0.159 e. The van der Waals surface area contributed by atoms with E-state index in [0.717, 1.165) is 37.4 Å². The molecule has 0 atom stereocenters. The summed E-state index contributed by atoms with van der Waals surface area (Å²) in [7, 11) is 4.19. The highest BCUT2D eigenvalue weighted by Gasteiger charge is 2.23. The van der Waals surface area contributed by atoms with E-state index in [1.807, 2.05) is 13.1 Å². The van der Waals surface area contributed by atoms with Crippen LogP contribution in [0.2, 0.25) is 10.0 Å². The largest absolute Gasteiger partial charge is 0.393 e. The van der Waals surface area contributed by atoms with Crippen molar-refractivity contribution in [3.05, 3.63) is 34.6 Å². The molecule has 1 saturated heterocycles. The summed E-state index contributed by atoms with van der Waals surface area (Å²) < 4.78 is 0. The summed E-state index contributed by atoms with van der Waals surface area (Å²) in [6.07, 6.45) is 3.70. The van der Waals surface area contributed by atoms with Gasteiger partial charge in [-0.2, -0.15) is 0 Å². The third-order valence-electron chi connectivity index (χ3n) is 4.62. The molecule has 1 aliphatic rings. The molecular formula is C17H22Cl2N6. The van der Waals surface area contributed by atoms with E-state index in [2.05, 4.69) is 32.1 Å². The third-order valence-corrected chi connectivity index (χ3v) is 5.35. The lowest BCUT2D eigenvalue weighted by atomic mass is 10.0. The molecule has 0 amide bonds. The zero-order valence-electron chi connectivity index (χ0n) is 14.3. The van der Waals surface area contributed by atoms with Crippen LogP contribution < -0.4 is 16.0 Å². The van der Waals surface area contributed by atoms with Crippen molar-refractivity contribution in [3.8, 4) is 0 Å². The average molecular weight is 381 g/mol. The van der Waals surface area contributed by atoms with E-state index < -0.39 is 0 Å². The van der Waals surface area contributed by atoms with Gasteiger partial charge in [0, 0.05) is 18.8 Å². The third kappa shape index (κ3) is 4.08. The number of hydrogen-bond acceptors (Lipinski definition) is 6. The molecule has 1 aliphatic heterocycles. The van der Waals surface area contributed by atoms with Crippen LogP contribution in [0.1, 0.15) is 12.8 Å². The predicted octanol–water partition coefficient (Wildman–Crippen LogP) is 3.64. The summed E-state index contributed by atoms with van der Waals surface area (Å²) >= 11 is 12.0. The molecule has 25 heavy (non-hydrogen) atoms. The van der Waals surface area contributed by atoms with Crippen LogP contribution >= 0.6 is 23.2 Å². The Morgan fingerprint density at radius 1 is 1.20 bits per heavy atom. The lowest BCUT2D eigenvalue weighted by molar-refractivity contribution is 0.252. The van der Waals surface area contributed by atoms with Crippen molar-refractivity contribution in [2.24, 2.45) is 0 Å². The standard InChI is InChI=1S/C17H22Cl2N6/c1-24-7-5-12(6-8-24)25(2)17-15(20)16(21-10-22-17)23-11-3-4-13(18)14(19)9-11/h3-4,9-10,12H,5-8,20H2,1-2H3,(H,21,22,23). The minimum Gasteiger partial charge on any atom is -0.393 e. The second-order valence-electron chi connectivity index (χ2n) is 6.36. The van der Waals surface area contributed by atoms with E-state index in [4.69, 9.17) is 28.9 Å². The number of aromatic nitrogens is 2. The number of anilines is 4. The minimum atomic E-state index is 0.422. The van der Waals surface area contributed by atoms with Crippen LogP contribution in [0.15, 0.2) is 24.5 Å². The maximum Gasteiger partial charge on any atom is 0.159 e. The summed E-state index contributed by atoms with van der Waals surface area (Å²) in [5.74, 6) is 1.30. The van der Waals surface area contributed by atoms with Crippen LogP contribution in [0.25, 0.3) is 0 Å². The van der Waals surface area contributed by atoms with Crippen LogP contribution in [-0.4, -0.2) is 48.1 Å². The van der Waals surface area contributed by atoms with Gasteiger partial charge in [0.1, 0.15) is 12.0 Å². The molecule has 1 aromatic heterocycles. The predicted molar refractivity (Wildman–Crippen MR) is 105 cm³/mol. The van der Waals surface area contributed by atoms with E-state index in [1.54, 1.807) is 12.1 Å². The Bertz CT molecular complexity index is 746. The molecule has 3 rings (SSSR count). The number of nitrogens with zero attached hydrogens (tertiary/aromatic N) is 4. The number of nitrogens with one attached hydrogen (secondary N) is 1. The number of benzene rings is 1. The normalized spacial score (nSPS) is 16.0. The van der Waals surface area contributed by atoms with E-state index in [0.29, 0.717) is 27.6 Å². The van der Waals surface area contributed by atoms with E-state index in [1.165, 1.54) is 6.33 Å². The van der Waals surface area contributed by atoms with Crippen LogP contribution in [0.5, 0.6) is 0 Å². The van der Waals surface area contributed by atoms with Crippen molar-refractivity contribution in [2.45, 2.75) is 18.9 Å². The maximum absolute atomic E-state index is 6.34. The van der Waals surface area contributed by atoms with Gasteiger partial charge >= 0.3 is 0 Å². The van der Waals surface area contributed by atoms with Gasteiger partial charge < -0.3 is 20.9 Å². The van der Waals surface area contributed by atoms with Crippen molar-refractivity contribution in [3.63, 3.8) is 0 Å². The molecule has 0 aliphatic carbocycles. The molecule has 2 heterocycles. The summed E-state index contributed by atoms with van der Waals surface area (Å²) in [6, 6.07) is 5.73. The number of rotatable bonds is 4. The molecule has 0 saturated carbocycles. The maximum atomic E-state index is 6.34. The van der Waals surface area contributed by atoms with Gasteiger partial charge in [0.05, 0.1) is 10.0 Å². The molecule has 2 aromatic rings. The number of nitrogen functional groups attached to an aromatic ring is 1. The van der Waals surface area contributed by atoms with Crippen LogP contribution in [0.3, 0.4) is 0 Å². The second kappa shape index (κ2) is 7.64. The van der Waals surface area contributed by atoms with Gasteiger partial charge in [-0.3, -0.25) is 0 Å². The first-order valence-electron chi connectivity index (χ1n) is 8.19. The average Bonchev–Trinajstić information content (AvgIpc) is 2.60. The summed E-state index contributed by atoms with van der Waals surface area (Å²) in [5, 5.41) is 4.17. The molecule has 0 spiro atoms. The summed E-state index contributed by atoms with van der Waals surface area (Å²) in [5.41, 5.74) is 7.63. The van der Waals surface area contributed by atoms with Gasteiger partial charge in [-0.15, -0.1) is 0 Å². The highest BCUT2D eigenvalue weighted by atomic mass is 35.5. The Morgan fingerprint density at radius 3 is 2.60 bits per heavy atom. The molecule has 8 heteroatoms. The summed E-state index contributed by atoms with van der Waals surface area (Å²) in [4.78, 5) is 13.2. The van der Waals surface area contributed by atoms with Crippen molar-refractivity contribution >= 4 is 46.2 Å². The SMILES string of the molecule is CN1CCC(N(C)c2ncnc(Nc3ccc(Cl)c(Cl)c3)c2N)CC1. The Balaban J connectivity index is 1.80. The molecule has 1 aromatic carbocycles. The van der Waals surface area contributed by atoms with Gasteiger partial charge in [-0.25, -0.2) is 9.97 Å². The fraction of sp³-hybridized carbons (Fsp3) is 0.412. The number of nitrogens with two attached hydrogens (primary N) is 1. The van der Waals surface area contributed by atoms with Gasteiger partial charge in [-0.05, 0) is 51.2 Å². The highest BCUT2D eigenvalue weighted by molar-refractivity contribution is 6.42. The highest BCUT2D eigenvalue weighted by Crippen LogP contribution is 2.32. The van der Waals surface area contributed by atoms with E-state index in [-0.39, 0.29) is 0 Å². The molecule has 0 bridgehead atoms. The van der Waals surface area contributed by atoms with Crippen molar-refractivity contribution in [1.82, 2.24) is 14.9 Å². The Hall–Kier alpha value is -1.76. The molecule has 1 fully saturated rings. The topological polar surface area (TPSA) is 70.3 Å². The van der Waals surface area contributed by atoms with Crippen molar-refractivity contribution < 1.29 is 0 Å². The molecule has 0 radical (unpaired) electrons. The van der Waals surface area contributed by atoms with Crippen LogP contribution in [0, 0.1) is 0 Å². The second-order valence-corrected chi connectivity index (χ2v) is 7.17. The lowest BCUT2D eigenvalue weighted by Gasteiger charge is -2.36. The van der Waals surface area contributed by atoms with Gasteiger partial charge in [0.25, 0.3) is 0 Å². The van der Waals surface area contributed by atoms with Gasteiger partial charge in [0.15, 0.2) is 11.6 Å². The fourth-order valence-corrected chi connectivity index (χ4v) is 3.33. The number of likely N-dealkylation sites (tertiary alicyclic amines) is 1. The quantitative estimate of drug-likeness (QED) is 0.843. The first kappa shape index (κ1) is 18.0. The van der Waals surface area contributed by atoms with Crippen molar-refractivity contribution in [2.75, 3.05) is 43.1 Å². The number of halogens is 2. The molecule has 0 unspecified atom stereocenters. The molecular weight excluding hydrogens is 359 g/mol.